The lowest BCUT2D eigenvalue weighted by Crippen LogP contribution is -2.22. The molecule has 0 amide bonds. The lowest BCUT2D eigenvalue weighted by Gasteiger charge is -2.11. The summed E-state index contributed by atoms with van der Waals surface area (Å²) in [6.45, 7) is 4.34. The maximum Gasteiger partial charge on any atom is 0.262 e. The van der Waals surface area contributed by atoms with E-state index < -0.39 is 0 Å². The average Bonchev–Trinajstić information content (AvgIpc) is 2.30. The van der Waals surface area contributed by atoms with Crippen LogP contribution in [0.1, 0.15) is 12.6 Å². The van der Waals surface area contributed by atoms with Crippen LogP contribution in [-0.4, -0.2) is 9.67 Å². The molecule has 0 aliphatic heterocycles. The van der Waals surface area contributed by atoms with Gasteiger partial charge in [0.1, 0.15) is 5.75 Å². The van der Waals surface area contributed by atoms with Crippen molar-refractivity contribution in [2.45, 2.75) is 20.4 Å². The molecule has 1 heterocycles. The van der Waals surface area contributed by atoms with E-state index in [1.807, 2.05) is 44.2 Å². The van der Waals surface area contributed by atoms with Gasteiger partial charge in [-0.05, 0) is 19.4 Å². The Morgan fingerprint density at radius 1 is 1.24 bits per heavy atom. The Balaban J connectivity index is 2.75. The normalized spacial score (nSPS) is 10.5. The minimum absolute atomic E-state index is 0.0448. The van der Waals surface area contributed by atoms with Crippen molar-refractivity contribution in [1.82, 2.24) is 4.57 Å². The second-order valence-electron chi connectivity index (χ2n) is 3.96. The van der Waals surface area contributed by atoms with Crippen molar-refractivity contribution in [3.63, 3.8) is 0 Å². The molecular formula is C14H15NO2. The fourth-order valence-electron chi connectivity index (χ4n) is 2.02. The van der Waals surface area contributed by atoms with Crippen LogP contribution < -0.4 is 5.56 Å². The number of benzene rings is 1. The number of hydrogen-bond acceptors (Lipinski definition) is 2. The van der Waals surface area contributed by atoms with Crippen LogP contribution in [-0.2, 0) is 6.54 Å². The summed E-state index contributed by atoms with van der Waals surface area (Å²) < 4.78 is 1.65. The van der Waals surface area contributed by atoms with Gasteiger partial charge in [-0.2, -0.15) is 0 Å². The van der Waals surface area contributed by atoms with Crippen molar-refractivity contribution in [1.29, 1.82) is 0 Å². The van der Waals surface area contributed by atoms with Crippen molar-refractivity contribution in [3.8, 4) is 16.9 Å². The molecule has 0 spiro atoms. The molecule has 3 nitrogen and oxygen atoms in total. The van der Waals surface area contributed by atoms with Crippen LogP contribution in [0.3, 0.4) is 0 Å². The first-order chi connectivity index (χ1) is 8.15. The van der Waals surface area contributed by atoms with Crippen LogP contribution in [0.15, 0.2) is 41.2 Å². The molecule has 0 aliphatic rings. The van der Waals surface area contributed by atoms with E-state index in [2.05, 4.69) is 0 Å². The summed E-state index contributed by atoms with van der Waals surface area (Å²) in [5.41, 5.74) is 1.75. The van der Waals surface area contributed by atoms with Gasteiger partial charge in [-0.25, -0.2) is 0 Å². The first-order valence-corrected chi connectivity index (χ1v) is 5.64. The Bertz CT molecular complexity index is 585. The second kappa shape index (κ2) is 4.45. The number of hydrogen-bond donors (Lipinski definition) is 1. The van der Waals surface area contributed by atoms with Crippen molar-refractivity contribution in [2.24, 2.45) is 0 Å². The van der Waals surface area contributed by atoms with Gasteiger partial charge in [0.15, 0.2) is 0 Å². The largest absolute Gasteiger partial charge is 0.507 e. The molecule has 88 valence electrons. The highest BCUT2D eigenvalue weighted by atomic mass is 16.3. The van der Waals surface area contributed by atoms with Crippen molar-refractivity contribution in [3.05, 3.63) is 52.4 Å². The summed E-state index contributed by atoms with van der Waals surface area (Å²) in [5.74, 6) is 0.0448. The minimum Gasteiger partial charge on any atom is -0.507 e. The van der Waals surface area contributed by atoms with Crippen LogP contribution in [0, 0.1) is 6.92 Å². The van der Waals surface area contributed by atoms with Gasteiger partial charge in [-0.3, -0.25) is 4.79 Å². The molecule has 2 aromatic rings. The molecule has 1 N–H and O–H groups in total. The molecule has 0 atom stereocenters. The van der Waals surface area contributed by atoms with Gasteiger partial charge in [-0.1, -0.05) is 30.3 Å². The molecule has 0 radical (unpaired) electrons. The minimum atomic E-state index is -0.142. The standard InChI is InChI=1S/C14H15NO2/c1-3-15-10(2)9-12(16)13(14(15)17)11-7-5-4-6-8-11/h4-9,16H,3H2,1-2H3. The van der Waals surface area contributed by atoms with E-state index in [9.17, 15) is 9.90 Å². The zero-order valence-electron chi connectivity index (χ0n) is 9.97. The first kappa shape index (κ1) is 11.5. The van der Waals surface area contributed by atoms with Crippen LogP contribution in [0.5, 0.6) is 5.75 Å². The Hall–Kier alpha value is -2.03. The van der Waals surface area contributed by atoms with E-state index in [1.165, 1.54) is 0 Å². The van der Waals surface area contributed by atoms with Gasteiger partial charge in [0.25, 0.3) is 5.56 Å². The second-order valence-corrected chi connectivity index (χ2v) is 3.96. The molecule has 0 bridgehead atoms. The third-order valence-corrected chi connectivity index (χ3v) is 2.87. The molecule has 0 saturated carbocycles. The average molecular weight is 229 g/mol. The number of aromatic nitrogens is 1. The zero-order valence-corrected chi connectivity index (χ0v) is 9.97. The van der Waals surface area contributed by atoms with Crippen LogP contribution in [0.4, 0.5) is 0 Å². The number of rotatable bonds is 2. The highest BCUT2D eigenvalue weighted by Crippen LogP contribution is 2.25. The maximum atomic E-state index is 12.2. The Labute approximate surface area is 100.0 Å². The summed E-state index contributed by atoms with van der Waals surface area (Å²) in [4.78, 5) is 12.2. The summed E-state index contributed by atoms with van der Waals surface area (Å²) >= 11 is 0. The Kier molecular flexibility index (Phi) is 3.00. The number of aryl methyl sites for hydroxylation is 1. The van der Waals surface area contributed by atoms with Gasteiger partial charge in [0.05, 0.1) is 5.56 Å². The molecule has 17 heavy (non-hydrogen) atoms. The Morgan fingerprint density at radius 3 is 2.47 bits per heavy atom. The van der Waals surface area contributed by atoms with Gasteiger partial charge in [0, 0.05) is 18.3 Å². The van der Waals surface area contributed by atoms with E-state index in [0.29, 0.717) is 12.1 Å². The summed E-state index contributed by atoms with van der Waals surface area (Å²) in [6.07, 6.45) is 0. The topological polar surface area (TPSA) is 42.2 Å². The van der Waals surface area contributed by atoms with Gasteiger partial charge in [-0.15, -0.1) is 0 Å². The van der Waals surface area contributed by atoms with E-state index in [1.54, 1.807) is 10.6 Å². The SMILES string of the molecule is CCn1c(C)cc(O)c(-c2ccccc2)c1=O. The predicted octanol–water partition coefficient (Wildman–Crippen LogP) is 2.55. The van der Waals surface area contributed by atoms with E-state index in [0.717, 1.165) is 11.3 Å². The van der Waals surface area contributed by atoms with Crippen molar-refractivity contribution < 1.29 is 5.11 Å². The molecular weight excluding hydrogens is 214 g/mol. The molecule has 1 aromatic heterocycles. The van der Waals surface area contributed by atoms with Gasteiger partial charge >= 0.3 is 0 Å². The molecule has 2 rings (SSSR count). The molecule has 0 saturated heterocycles. The van der Waals surface area contributed by atoms with Crippen molar-refractivity contribution >= 4 is 0 Å². The lowest BCUT2D eigenvalue weighted by atomic mass is 10.1. The zero-order chi connectivity index (χ0) is 12.4. The molecule has 0 unspecified atom stereocenters. The van der Waals surface area contributed by atoms with Crippen LogP contribution >= 0.6 is 0 Å². The van der Waals surface area contributed by atoms with E-state index in [-0.39, 0.29) is 11.3 Å². The van der Waals surface area contributed by atoms with Gasteiger partial charge < -0.3 is 9.67 Å². The van der Waals surface area contributed by atoms with Crippen LogP contribution in [0.25, 0.3) is 11.1 Å². The third-order valence-electron chi connectivity index (χ3n) is 2.87. The van der Waals surface area contributed by atoms with Gasteiger partial charge in [0.2, 0.25) is 0 Å². The fraction of sp³-hybridized carbons (Fsp3) is 0.214. The summed E-state index contributed by atoms with van der Waals surface area (Å²) in [6, 6.07) is 10.9. The number of pyridine rings is 1. The smallest absolute Gasteiger partial charge is 0.262 e. The molecule has 0 fully saturated rings. The number of nitrogens with zero attached hydrogens (tertiary/aromatic N) is 1. The maximum absolute atomic E-state index is 12.2. The lowest BCUT2D eigenvalue weighted by molar-refractivity contribution is 0.472. The molecule has 3 heteroatoms. The highest BCUT2D eigenvalue weighted by Gasteiger charge is 2.12. The summed E-state index contributed by atoms with van der Waals surface area (Å²) in [5, 5.41) is 9.93. The third kappa shape index (κ3) is 1.96. The highest BCUT2D eigenvalue weighted by molar-refractivity contribution is 5.69. The first-order valence-electron chi connectivity index (χ1n) is 5.64. The Morgan fingerprint density at radius 2 is 1.88 bits per heavy atom. The van der Waals surface area contributed by atoms with Crippen molar-refractivity contribution in [2.75, 3.05) is 0 Å². The monoisotopic (exact) mass is 229 g/mol. The molecule has 0 aliphatic carbocycles. The quantitative estimate of drug-likeness (QED) is 0.859. The molecule has 1 aromatic carbocycles. The summed E-state index contributed by atoms with van der Waals surface area (Å²) in [7, 11) is 0. The van der Waals surface area contributed by atoms with E-state index >= 15 is 0 Å². The predicted molar refractivity (Wildman–Crippen MR) is 68.2 cm³/mol. The number of aromatic hydroxyl groups is 1. The fourth-order valence-corrected chi connectivity index (χ4v) is 2.02. The van der Waals surface area contributed by atoms with E-state index in [4.69, 9.17) is 0 Å². The van der Waals surface area contributed by atoms with Crippen LogP contribution in [0.2, 0.25) is 0 Å².